The summed E-state index contributed by atoms with van der Waals surface area (Å²) in [5.41, 5.74) is 0.665. The van der Waals surface area contributed by atoms with Crippen molar-refractivity contribution in [2.75, 3.05) is 0 Å². The molecule has 4 rings (SSSR count). The van der Waals surface area contributed by atoms with Crippen molar-refractivity contribution in [3.8, 4) is 5.75 Å². The van der Waals surface area contributed by atoms with E-state index in [1.54, 1.807) is 30.3 Å². The van der Waals surface area contributed by atoms with Gasteiger partial charge in [0.25, 0.3) is 11.4 Å². The minimum Gasteiger partial charge on any atom is -0.457 e. The molecule has 3 aromatic rings. The number of Topliss-reactive ketones (excluding diaryl/α,β-unsaturated/α-hetero) is 1. The van der Waals surface area contributed by atoms with Gasteiger partial charge in [-0.15, -0.1) is 0 Å². The molecule has 1 unspecified atom stereocenters. The van der Waals surface area contributed by atoms with Crippen molar-refractivity contribution < 1.29 is 14.5 Å². The van der Waals surface area contributed by atoms with Gasteiger partial charge in [-0.2, -0.15) is 0 Å². The third-order valence-corrected chi connectivity index (χ3v) is 4.58. The zero-order valence-corrected chi connectivity index (χ0v) is 14.8. The predicted octanol–water partition coefficient (Wildman–Crippen LogP) is 4.23. The van der Waals surface area contributed by atoms with Crippen LogP contribution in [-0.2, 0) is 6.42 Å². The zero-order chi connectivity index (χ0) is 19.6. The number of non-ortho nitro benzene ring substituents is 1. The van der Waals surface area contributed by atoms with Gasteiger partial charge in [0.15, 0.2) is 0 Å². The molecule has 0 radical (unpaired) electrons. The Morgan fingerprint density at radius 3 is 2.32 bits per heavy atom. The molecule has 0 bridgehead atoms. The maximum atomic E-state index is 13.2. The third-order valence-electron chi connectivity index (χ3n) is 4.58. The van der Waals surface area contributed by atoms with E-state index in [1.807, 2.05) is 36.4 Å². The van der Waals surface area contributed by atoms with Crippen LogP contribution in [0, 0.1) is 10.1 Å². The fourth-order valence-electron chi connectivity index (χ4n) is 3.16. The lowest BCUT2D eigenvalue weighted by Gasteiger charge is -2.23. The minimum atomic E-state index is -1.40. The van der Waals surface area contributed by atoms with Gasteiger partial charge in [-0.1, -0.05) is 42.5 Å². The van der Waals surface area contributed by atoms with Crippen LogP contribution in [0.4, 0.5) is 5.69 Å². The topological polar surface area (TPSA) is 81.8 Å². The summed E-state index contributed by atoms with van der Waals surface area (Å²) >= 11 is 0. The van der Waals surface area contributed by atoms with Gasteiger partial charge in [0.2, 0.25) is 5.78 Å². The Kier molecular flexibility index (Phi) is 4.45. The van der Waals surface area contributed by atoms with Crippen LogP contribution in [0.5, 0.6) is 5.75 Å². The number of carbonyl (C=O) groups excluding carboxylic acids is 1. The summed E-state index contributed by atoms with van der Waals surface area (Å²) < 4.78 is 6.04. The molecule has 1 aliphatic heterocycles. The molecular weight excluding hydrogens is 356 g/mol. The van der Waals surface area contributed by atoms with Crippen molar-refractivity contribution in [3.05, 3.63) is 106 Å². The zero-order valence-electron chi connectivity index (χ0n) is 14.8. The lowest BCUT2D eigenvalue weighted by Crippen LogP contribution is -2.40. The number of hydrogen-bond donors (Lipinski definition) is 0. The van der Waals surface area contributed by atoms with Crippen LogP contribution in [-0.4, -0.2) is 22.6 Å². The van der Waals surface area contributed by atoms with E-state index in [9.17, 15) is 14.9 Å². The highest BCUT2D eigenvalue weighted by Crippen LogP contribution is 2.38. The summed E-state index contributed by atoms with van der Waals surface area (Å²) in [6, 6.07) is 22.6. The number of aliphatic imine (C=N–C) groups is 1. The molecule has 0 aliphatic carbocycles. The number of carbonyl (C=O) groups is 1. The molecule has 138 valence electrons. The molecule has 0 fully saturated rings. The standard InChI is InChI=1S/C22H16N2O4/c25-21-19-8-4-5-9-20(19)28-22(21,14-16-6-2-1-3-7-16)23-15-17-10-12-18(13-11-17)24(26)27/h1-13,15H,14H2/b23-15+. The Bertz CT molecular complexity index is 1060. The van der Waals surface area contributed by atoms with E-state index in [0.717, 1.165) is 5.56 Å². The maximum Gasteiger partial charge on any atom is 0.269 e. The van der Waals surface area contributed by atoms with Crippen LogP contribution in [0.2, 0.25) is 0 Å². The van der Waals surface area contributed by atoms with Crippen molar-refractivity contribution >= 4 is 17.7 Å². The van der Waals surface area contributed by atoms with Gasteiger partial charge in [0.05, 0.1) is 10.5 Å². The Balaban J connectivity index is 1.70. The van der Waals surface area contributed by atoms with E-state index >= 15 is 0 Å². The van der Waals surface area contributed by atoms with Crippen LogP contribution in [0.25, 0.3) is 0 Å². The second-order valence-electron chi connectivity index (χ2n) is 6.48. The van der Waals surface area contributed by atoms with Crippen LogP contribution in [0.15, 0.2) is 83.9 Å². The summed E-state index contributed by atoms with van der Waals surface area (Å²) in [5.74, 6) is 0.300. The van der Waals surface area contributed by atoms with Crippen LogP contribution in [0.1, 0.15) is 21.5 Å². The molecule has 0 saturated carbocycles. The molecule has 0 saturated heterocycles. The first-order valence-corrected chi connectivity index (χ1v) is 8.74. The third kappa shape index (κ3) is 3.27. The average molecular weight is 372 g/mol. The molecule has 1 atom stereocenters. The van der Waals surface area contributed by atoms with E-state index in [1.165, 1.54) is 18.3 Å². The van der Waals surface area contributed by atoms with E-state index in [0.29, 0.717) is 16.9 Å². The molecule has 0 aromatic heterocycles. The molecular formula is C22H16N2O4. The Labute approximate surface area is 161 Å². The molecule has 6 heteroatoms. The second kappa shape index (κ2) is 7.08. The van der Waals surface area contributed by atoms with Gasteiger partial charge in [-0.3, -0.25) is 14.9 Å². The fourth-order valence-corrected chi connectivity index (χ4v) is 3.16. The lowest BCUT2D eigenvalue weighted by atomic mass is 9.96. The SMILES string of the molecule is O=C1c2ccccc2OC1(Cc1ccccc1)/N=C/c1ccc([N+](=O)[O-])cc1. The van der Waals surface area contributed by atoms with Crippen molar-refractivity contribution in [1.82, 2.24) is 0 Å². The number of para-hydroxylation sites is 1. The summed E-state index contributed by atoms with van der Waals surface area (Å²) in [7, 11) is 0. The molecule has 0 N–H and O–H groups in total. The number of nitro benzene ring substituents is 1. The molecule has 6 nitrogen and oxygen atoms in total. The van der Waals surface area contributed by atoms with Crippen LogP contribution < -0.4 is 4.74 Å². The van der Waals surface area contributed by atoms with E-state index in [-0.39, 0.29) is 17.9 Å². The van der Waals surface area contributed by atoms with Gasteiger partial charge < -0.3 is 4.74 Å². The van der Waals surface area contributed by atoms with Gasteiger partial charge in [-0.25, -0.2) is 4.99 Å². The number of rotatable bonds is 5. The quantitative estimate of drug-likeness (QED) is 0.381. The number of nitrogens with zero attached hydrogens (tertiary/aromatic N) is 2. The second-order valence-corrected chi connectivity index (χ2v) is 6.48. The molecule has 3 aromatic carbocycles. The van der Waals surface area contributed by atoms with Crippen molar-refractivity contribution in [1.29, 1.82) is 0 Å². The highest BCUT2D eigenvalue weighted by atomic mass is 16.6. The average Bonchev–Trinajstić information content (AvgIpc) is 3.00. The normalized spacial score (nSPS) is 18.1. The smallest absolute Gasteiger partial charge is 0.269 e. The summed E-state index contributed by atoms with van der Waals surface area (Å²) in [5, 5.41) is 10.8. The van der Waals surface area contributed by atoms with Crippen molar-refractivity contribution in [3.63, 3.8) is 0 Å². The molecule has 1 heterocycles. The molecule has 28 heavy (non-hydrogen) atoms. The monoisotopic (exact) mass is 372 g/mol. The molecule has 0 spiro atoms. The number of fused-ring (bicyclic) bond motifs is 1. The summed E-state index contributed by atoms with van der Waals surface area (Å²) in [6.07, 6.45) is 1.81. The maximum absolute atomic E-state index is 13.2. The fraction of sp³-hybridized carbons (Fsp3) is 0.0909. The van der Waals surface area contributed by atoms with Crippen molar-refractivity contribution in [2.24, 2.45) is 4.99 Å². The lowest BCUT2D eigenvalue weighted by molar-refractivity contribution is -0.384. The summed E-state index contributed by atoms with van der Waals surface area (Å²) in [6.45, 7) is 0. The van der Waals surface area contributed by atoms with E-state index in [4.69, 9.17) is 4.74 Å². The van der Waals surface area contributed by atoms with Gasteiger partial charge in [0.1, 0.15) is 5.75 Å². The van der Waals surface area contributed by atoms with E-state index in [2.05, 4.69) is 4.99 Å². The largest absolute Gasteiger partial charge is 0.457 e. The number of nitro groups is 1. The van der Waals surface area contributed by atoms with Crippen LogP contribution in [0.3, 0.4) is 0 Å². The first-order valence-electron chi connectivity index (χ1n) is 8.74. The molecule has 1 aliphatic rings. The Morgan fingerprint density at radius 1 is 0.964 bits per heavy atom. The van der Waals surface area contributed by atoms with Crippen molar-refractivity contribution in [2.45, 2.75) is 12.1 Å². The predicted molar refractivity (Wildman–Crippen MR) is 105 cm³/mol. The number of ketones is 1. The van der Waals surface area contributed by atoms with Gasteiger partial charge in [0, 0.05) is 24.8 Å². The highest BCUT2D eigenvalue weighted by Gasteiger charge is 2.47. The minimum absolute atomic E-state index is 0.00301. The number of benzene rings is 3. The van der Waals surface area contributed by atoms with Gasteiger partial charge in [-0.05, 0) is 35.4 Å². The Morgan fingerprint density at radius 2 is 1.64 bits per heavy atom. The highest BCUT2D eigenvalue weighted by molar-refractivity contribution is 6.08. The van der Waals surface area contributed by atoms with E-state index < -0.39 is 10.6 Å². The summed E-state index contributed by atoms with van der Waals surface area (Å²) in [4.78, 5) is 28.0. The first-order chi connectivity index (χ1) is 13.6. The first kappa shape index (κ1) is 17.6. The number of hydrogen-bond acceptors (Lipinski definition) is 5. The Hall–Kier alpha value is -3.80. The molecule has 0 amide bonds. The van der Waals surface area contributed by atoms with Crippen LogP contribution >= 0.6 is 0 Å². The number of ether oxygens (including phenoxy) is 1. The van der Waals surface area contributed by atoms with Gasteiger partial charge >= 0.3 is 0 Å².